The third-order valence-electron chi connectivity index (χ3n) is 4.34. The van der Waals surface area contributed by atoms with Gasteiger partial charge in [0.05, 0.1) is 0 Å². The number of aryl methyl sites for hydroxylation is 1. The number of hydrogen-bond donors (Lipinski definition) is 1. The van der Waals surface area contributed by atoms with E-state index in [1.165, 1.54) is 29.3 Å². The molecule has 0 amide bonds. The van der Waals surface area contributed by atoms with Crippen LogP contribution in [0.4, 0.5) is 5.13 Å². The predicted molar refractivity (Wildman–Crippen MR) is 87.1 cm³/mol. The fourth-order valence-corrected chi connectivity index (χ4v) is 3.97. The molecule has 1 fully saturated rings. The number of rotatable bonds is 2. The van der Waals surface area contributed by atoms with Crippen LogP contribution in [0, 0.1) is 6.92 Å². The Balaban J connectivity index is 1.52. The molecular formula is C16H18N4S. The number of aromatic amines is 1. The molecule has 0 spiro atoms. The van der Waals surface area contributed by atoms with Crippen LogP contribution < -0.4 is 4.90 Å². The van der Waals surface area contributed by atoms with Gasteiger partial charge in [0, 0.05) is 30.2 Å². The van der Waals surface area contributed by atoms with E-state index in [9.17, 15) is 0 Å². The van der Waals surface area contributed by atoms with Crippen molar-refractivity contribution in [3.8, 4) is 0 Å². The monoisotopic (exact) mass is 298 g/mol. The van der Waals surface area contributed by atoms with Gasteiger partial charge in [0.2, 0.25) is 5.13 Å². The molecule has 4 rings (SSSR count). The third-order valence-corrected chi connectivity index (χ3v) is 5.24. The van der Waals surface area contributed by atoms with E-state index < -0.39 is 0 Å². The van der Waals surface area contributed by atoms with Crippen LogP contribution in [0.2, 0.25) is 0 Å². The SMILES string of the molecule is Cc1nnc(N2CCC(c3c[nH]c4ccccc34)CC2)s1. The van der Waals surface area contributed by atoms with E-state index >= 15 is 0 Å². The molecule has 1 N–H and O–H groups in total. The van der Waals surface area contributed by atoms with Gasteiger partial charge in [-0.25, -0.2) is 0 Å². The smallest absolute Gasteiger partial charge is 0.208 e. The number of para-hydroxylation sites is 1. The van der Waals surface area contributed by atoms with Gasteiger partial charge in [0.1, 0.15) is 5.01 Å². The van der Waals surface area contributed by atoms with E-state index in [2.05, 4.69) is 50.5 Å². The molecule has 1 aliphatic rings. The van der Waals surface area contributed by atoms with Gasteiger partial charge < -0.3 is 9.88 Å². The average molecular weight is 298 g/mol. The highest BCUT2D eigenvalue weighted by Gasteiger charge is 2.24. The van der Waals surface area contributed by atoms with Crippen molar-refractivity contribution < 1.29 is 0 Å². The molecule has 4 nitrogen and oxygen atoms in total. The summed E-state index contributed by atoms with van der Waals surface area (Å²) in [6, 6.07) is 8.58. The molecule has 1 saturated heterocycles. The van der Waals surface area contributed by atoms with Crippen molar-refractivity contribution in [2.75, 3.05) is 18.0 Å². The second kappa shape index (κ2) is 5.15. The fourth-order valence-electron chi connectivity index (χ4n) is 3.23. The Bertz CT molecular complexity index is 752. The lowest BCUT2D eigenvalue weighted by molar-refractivity contribution is 0.506. The summed E-state index contributed by atoms with van der Waals surface area (Å²) in [6.45, 7) is 4.15. The highest BCUT2D eigenvalue weighted by atomic mass is 32.1. The molecule has 0 atom stereocenters. The predicted octanol–water partition coefficient (Wildman–Crippen LogP) is 3.71. The van der Waals surface area contributed by atoms with Crippen LogP contribution in [0.3, 0.4) is 0 Å². The number of benzene rings is 1. The topological polar surface area (TPSA) is 44.8 Å². The Labute approximate surface area is 127 Å². The second-order valence-electron chi connectivity index (χ2n) is 5.65. The van der Waals surface area contributed by atoms with Crippen LogP contribution in [-0.2, 0) is 0 Å². The summed E-state index contributed by atoms with van der Waals surface area (Å²) < 4.78 is 0. The van der Waals surface area contributed by atoms with E-state index in [0.717, 1.165) is 23.2 Å². The Morgan fingerprint density at radius 1 is 1.19 bits per heavy atom. The van der Waals surface area contributed by atoms with Crippen molar-refractivity contribution in [3.63, 3.8) is 0 Å². The number of H-pyrrole nitrogens is 1. The number of piperidine rings is 1. The summed E-state index contributed by atoms with van der Waals surface area (Å²) in [6.07, 6.45) is 4.56. The van der Waals surface area contributed by atoms with E-state index in [-0.39, 0.29) is 0 Å². The van der Waals surface area contributed by atoms with Crippen molar-refractivity contribution >= 4 is 27.4 Å². The zero-order valence-electron chi connectivity index (χ0n) is 12.0. The maximum Gasteiger partial charge on any atom is 0.208 e. The van der Waals surface area contributed by atoms with Gasteiger partial charge in [0.15, 0.2) is 0 Å². The zero-order chi connectivity index (χ0) is 14.2. The molecule has 0 aliphatic carbocycles. The van der Waals surface area contributed by atoms with E-state index in [4.69, 9.17) is 0 Å². The van der Waals surface area contributed by atoms with Crippen molar-refractivity contribution in [3.05, 3.63) is 41.0 Å². The van der Waals surface area contributed by atoms with Crippen LogP contribution in [0.15, 0.2) is 30.5 Å². The molecule has 0 radical (unpaired) electrons. The van der Waals surface area contributed by atoms with Crippen LogP contribution in [0.1, 0.15) is 29.3 Å². The molecule has 2 aromatic heterocycles. The Kier molecular flexibility index (Phi) is 3.15. The van der Waals surface area contributed by atoms with Gasteiger partial charge in [-0.05, 0) is 37.3 Å². The van der Waals surface area contributed by atoms with Crippen molar-refractivity contribution in [1.29, 1.82) is 0 Å². The first-order chi connectivity index (χ1) is 10.3. The highest BCUT2D eigenvalue weighted by Crippen LogP contribution is 2.34. The van der Waals surface area contributed by atoms with Crippen molar-refractivity contribution in [1.82, 2.24) is 15.2 Å². The van der Waals surface area contributed by atoms with E-state index in [0.29, 0.717) is 5.92 Å². The number of hydrogen-bond acceptors (Lipinski definition) is 4. The largest absolute Gasteiger partial charge is 0.361 e. The fraction of sp³-hybridized carbons (Fsp3) is 0.375. The van der Waals surface area contributed by atoms with Gasteiger partial charge in [-0.1, -0.05) is 29.5 Å². The summed E-state index contributed by atoms with van der Waals surface area (Å²) in [5.74, 6) is 0.645. The Hall–Kier alpha value is -1.88. The summed E-state index contributed by atoms with van der Waals surface area (Å²) in [5.41, 5.74) is 2.72. The zero-order valence-corrected chi connectivity index (χ0v) is 12.9. The molecule has 0 saturated carbocycles. The Morgan fingerprint density at radius 3 is 2.76 bits per heavy atom. The summed E-state index contributed by atoms with van der Waals surface area (Å²) >= 11 is 1.69. The number of aromatic nitrogens is 3. The summed E-state index contributed by atoms with van der Waals surface area (Å²) in [4.78, 5) is 5.77. The van der Waals surface area contributed by atoms with Gasteiger partial charge in [-0.15, -0.1) is 10.2 Å². The number of anilines is 1. The maximum absolute atomic E-state index is 4.27. The number of nitrogens with one attached hydrogen (secondary N) is 1. The molecule has 1 aliphatic heterocycles. The molecule has 21 heavy (non-hydrogen) atoms. The van der Waals surface area contributed by atoms with Crippen molar-refractivity contribution in [2.45, 2.75) is 25.7 Å². The van der Waals surface area contributed by atoms with Gasteiger partial charge in [0.25, 0.3) is 0 Å². The van der Waals surface area contributed by atoms with Gasteiger partial charge >= 0.3 is 0 Å². The maximum atomic E-state index is 4.27. The standard InChI is InChI=1S/C16H18N4S/c1-11-18-19-16(21-11)20-8-6-12(7-9-20)14-10-17-15-5-3-2-4-13(14)15/h2-5,10,12,17H,6-9H2,1H3. The van der Waals surface area contributed by atoms with Crippen LogP contribution in [0.5, 0.6) is 0 Å². The van der Waals surface area contributed by atoms with E-state index in [1.54, 1.807) is 11.3 Å². The lowest BCUT2D eigenvalue weighted by Gasteiger charge is -2.31. The molecule has 5 heteroatoms. The minimum Gasteiger partial charge on any atom is -0.361 e. The first kappa shape index (κ1) is 12.8. The molecule has 3 aromatic rings. The molecule has 0 bridgehead atoms. The third kappa shape index (κ3) is 2.31. The minimum atomic E-state index is 0.645. The number of nitrogens with zero attached hydrogens (tertiary/aromatic N) is 3. The quantitative estimate of drug-likeness (QED) is 0.784. The first-order valence-corrected chi connectivity index (χ1v) is 8.24. The van der Waals surface area contributed by atoms with E-state index in [1.807, 2.05) is 6.92 Å². The molecular weight excluding hydrogens is 280 g/mol. The minimum absolute atomic E-state index is 0.645. The number of fused-ring (bicyclic) bond motifs is 1. The van der Waals surface area contributed by atoms with Gasteiger partial charge in [-0.2, -0.15) is 0 Å². The normalized spacial score (nSPS) is 16.7. The lowest BCUT2D eigenvalue weighted by Crippen LogP contribution is -2.32. The molecule has 108 valence electrons. The van der Waals surface area contributed by atoms with Crippen molar-refractivity contribution in [2.24, 2.45) is 0 Å². The summed E-state index contributed by atoms with van der Waals surface area (Å²) in [5, 5.41) is 11.9. The van der Waals surface area contributed by atoms with Crippen LogP contribution >= 0.6 is 11.3 Å². The highest BCUT2D eigenvalue weighted by molar-refractivity contribution is 7.15. The van der Waals surface area contributed by atoms with Gasteiger partial charge in [-0.3, -0.25) is 0 Å². The average Bonchev–Trinajstić information content (AvgIpc) is 3.14. The second-order valence-corrected chi connectivity index (χ2v) is 6.81. The Morgan fingerprint density at radius 2 is 2.00 bits per heavy atom. The molecule has 3 heterocycles. The van der Waals surface area contributed by atoms with Crippen LogP contribution in [-0.4, -0.2) is 28.3 Å². The summed E-state index contributed by atoms with van der Waals surface area (Å²) in [7, 11) is 0. The lowest BCUT2D eigenvalue weighted by atomic mass is 9.89. The molecule has 0 unspecified atom stereocenters. The molecule has 1 aromatic carbocycles. The first-order valence-electron chi connectivity index (χ1n) is 7.42. The van der Waals surface area contributed by atoms with Crippen LogP contribution in [0.25, 0.3) is 10.9 Å².